The number of rotatable bonds is 3. The van der Waals surface area contributed by atoms with Gasteiger partial charge in [0.2, 0.25) is 0 Å². The number of benzene rings is 1. The van der Waals surface area contributed by atoms with E-state index in [9.17, 15) is 14.9 Å². The lowest BCUT2D eigenvalue weighted by atomic mass is 10.1. The van der Waals surface area contributed by atoms with Crippen LogP contribution in [0.4, 0.5) is 11.4 Å². The van der Waals surface area contributed by atoms with Crippen molar-refractivity contribution in [2.24, 2.45) is 0 Å². The van der Waals surface area contributed by atoms with Crippen LogP contribution in [-0.2, 0) is 0 Å². The Bertz CT molecular complexity index is 688. The summed E-state index contributed by atoms with van der Waals surface area (Å²) in [7, 11) is 0. The van der Waals surface area contributed by atoms with Crippen molar-refractivity contribution < 1.29 is 9.72 Å². The van der Waals surface area contributed by atoms with Crippen molar-refractivity contribution in [2.45, 2.75) is 6.92 Å². The fourth-order valence-corrected chi connectivity index (χ4v) is 1.80. The highest BCUT2D eigenvalue weighted by atomic mass is 35.5. The lowest BCUT2D eigenvalue weighted by Gasteiger charge is -2.08. The normalized spacial score (nSPS) is 10.1. The number of anilines is 1. The van der Waals surface area contributed by atoms with Gasteiger partial charge in [-0.25, -0.2) is 0 Å². The Morgan fingerprint density at radius 3 is 2.80 bits per heavy atom. The molecule has 102 valence electrons. The van der Waals surface area contributed by atoms with Crippen LogP contribution in [0.3, 0.4) is 0 Å². The Morgan fingerprint density at radius 1 is 1.40 bits per heavy atom. The van der Waals surface area contributed by atoms with Gasteiger partial charge in [-0.1, -0.05) is 11.6 Å². The molecule has 1 aromatic heterocycles. The minimum absolute atomic E-state index is 0.0531. The summed E-state index contributed by atoms with van der Waals surface area (Å²) in [5, 5.41) is 13.7. The van der Waals surface area contributed by atoms with Gasteiger partial charge in [-0.3, -0.25) is 19.9 Å². The second kappa shape index (κ2) is 5.66. The highest BCUT2D eigenvalue weighted by Crippen LogP contribution is 2.24. The maximum Gasteiger partial charge on any atom is 0.283 e. The summed E-state index contributed by atoms with van der Waals surface area (Å²) < 4.78 is 0. The summed E-state index contributed by atoms with van der Waals surface area (Å²) in [5.41, 5.74) is 0.922. The molecule has 1 N–H and O–H groups in total. The Balaban J connectivity index is 2.35. The van der Waals surface area contributed by atoms with E-state index in [4.69, 9.17) is 11.6 Å². The predicted octanol–water partition coefficient (Wildman–Crippen LogP) is 3.20. The maximum atomic E-state index is 12.1. The Kier molecular flexibility index (Phi) is 3.95. The minimum atomic E-state index is -0.642. The largest absolute Gasteiger partial charge is 0.320 e. The molecule has 7 heteroatoms. The van der Waals surface area contributed by atoms with Crippen LogP contribution in [0.1, 0.15) is 15.9 Å². The number of nitro groups is 1. The van der Waals surface area contributed by atoms with Gasteiger partial charge >= 0.3 is 0 Å². The monoisotopic (exact) mass is 291 g/mol. The average Bonchev–Trinajstić information content (AvgIpc) is 2.41. The summed E-state index contributed by atoms with van der Waals surface area (Å²) >= 11 is 5.70. The molecule has 1 aromatic carbocycles. The lowest BCUT2D eigenvalue weighted by Crippen LogP contribution is -2.14. The average molecular weight is 292 g/mol. The maximum absolute atomic E-state index is 12.1. The molecular formula is C13H10ClN3O3. The molecule has 0 fully saturated rings. The molecule has 0 bridgehead atoms. The molecule has 20 heavy (non-hydrogen) atoms. The molecule has 0 aliphatic heterocycles. The zero-order valence-electron chi connectivity index (χ0n) is 10.5. The number of hydrogen-bond acceptors (Lipinski definition) is 4. The number of halogens is 1. The van der Waals surface area contributed by atoms with E-state index in [-0.39, 0.29) is 16.3 Å². The van der Waals surface area contributed by atoms with Crippen LogP contribution < -0.4 is 5.32 Å². The van der Waals surface area contributed by atoms with Crippen molar-refractivity contribution in [1.29, 1.82) is 0 Å². The van der Waals surface area contributed by atoms with Crippen molar-refractivity contribution >= 4 is 28.9 Å². The molecule has 1 heterocycles. The van der Waals surface area contributed by atoms with Gasteiger partial charge in [0.25, 0.3) is 11.6 Å². The van der Waals surface area contributed by atoms with Crippen LogP contribution in [0, 0.1) is 17.0 Å². The standard InChI is InChI=1S/C13H10ClN3O3/c1-8-4-5-15-7-11(8)16-13(18)10-3-2-9(14)6-12(10)17(19)20/h2-7H,1H3,(H,16,18). The molecule has 0 aliphatic rings. The molecule has 2 aromatic rings. The summed E-state index contributed by atoms with van der Waals surface area (Å²) in [5.74, 6) is -0.579. The van der Waals surface area contributed by atoms with Crippen LogP contribution in [0.2, 0.25) is 5.02 Å². The number of nitrogens with one attached hydrogen (secondary N) is 1. The summed E-state index contributed by atoms with van der Waals surface area (Å²) in [6.45, 7) is 1.80. The quantitative estimate of drug-likeness (QED) is 0.695. The number of aryl methyl sites for hydroxylation is 1. The van der Waals surface area contributed by atoms with Crippen LogP contribution >= 0.6 is 11.6 Å². The van der Waals surface area contributed by atoms with Crippen molar-refractivity contribution in [2.75, 3.05) is 5.32 Å². The topological polar surface area (TPSA) is 85.1 Å². The van der Waals surface area contributed by atoms with Gasteiger partial charge in [0.15, 0.2) is 0 Å². The number of pyridine rings is 1. The second-order valence-electron chi connectivity index (χ2n) is 4.06. The zero-order valence-corrected chi connectivity index (χ0v) is 11.2. The van der Waals surface area contributed by atoms with Crippen molar-refractivity contribution in [3.05, 3.63) is 62.9 Å². The molecule has 1 amide bonds. The molecule has 6 nitrogen and oxygen atoms in total. The van der Waals surface area contributed by atoms with E-state index in [0.717, 1.165) is 11.6 Å². The zero-order chi connectivity index (χ0) is 14.7. The molecule has 0 unspecified atom stereocenters. The number of amides is 1. The predicted molar refractivity (Wildman–Crippen MR) is 75.0 cm³/mol. The van der Waals surface area contributed by atoms with Crippen molar-refractivity contribution in [1.82, 2.24) is 4.98 Å². The molecule has 0 radical (unpaired) electrons. The third-order valence-electron chi connectivity index (χ3n) is 2.69. The van der Waals surface area contributed by atoms with E-state index >= 15 is 0 Å². The number of carbonyl (C=O) groups is 1. The summed E-state index contributed by atoms with van der Waals surface area (Å²) in [4.78, 5) is 26.3. The van der Waals surface area contributed by atoms with E-state index in [1.165, 1.54) is 18.3 Å². The van der Waals surface area contributed by atoms with Gasteiger partial charge in [0.1, 0.15) is 5.56 Å². The fraction of sp³-hybridized carbons (Fsp3) is 0.0769. The molecule has 0 atom stereocenters. The molecule has 0 saturated heterocycles. The fourth-order valence-electron chi connectivity index (χ4n) is 1.63. The minimum Gasteiger partial charge on any atom is -0.320 e. The third-order valence-corrected chi connectivity index (χ3v) is 2.92. The van der Waals surface area contributed by atoms with Gasteiger partial charge in [0.05, 0.1) is 16.8 Å². The summed E-state index contributed by atoms with van der Waals surface area (Å²) in [6.07, 6.45) is 3.07. The first-order valence-electron chi connectivity index (χ1n) is 5.65. The Morgan fingerprint density at radius 2 is 2.15 bits per heavy atom. The van der Waals surface area contributed by atoms with Gasteiger partial charge in [-0.05, 0) is 30.7 Å². The van der Waals surface area contributed by atoms with E-state index < -0.39 is 10.8 Å². The van der Waals surface area contributed by atoms with Gasteiger partial charge in [0, 0.05) is 17.3 Å². The van der Waals surface area contributed by atoms with E-state index in [2.05, 4.69) is 10.3 Å². The Hall–Kier alpha value is -2.47. The van der Waals surface area contributed by atoms with Crippen molar-refractivity contribution in [3.8, 4) is 0 Å². The Labute approximate surface area is 119 Å². The first kappa shape index (κ1) is 14.0. The third kappa shape index (κ3) is 2.92. The number of hydrogen-bond donors (Lipinski definition) is 1. The lowest BCUT2D eigenvalue weighted by molar-refractivity contribution is -0.385. The van der Waals surface area contributed by atoms with Gasteiger partial charge in [-0.15, -0.1) is 0 Å². The van der Waals surface area contributed by atoms with Gasteiger partial charge < -0.3 is 5.32 Å². The SMILES string of the molecule is Cc1ccncc1NC(=O)c1ccc(Cl)cc1[N+](=O)[O-]. The highest BCUT2D eigenvalue weighted by molar-refractivity contribution is 6.31. The number of nitro benzene ring substituents is 1. The number of nitrogens with zero attached hydrogens (tertiary/aromatic N) is 2. The second-order valence-corrected chi connectivity index (χ2v) is 4.50. The number of aromatic nitrogens is 1. The highest BCUT2D eigenvalue weighted by Gasteiger charge is 2.21. The van der Waals surface area contributed by atoms with E-state index in [1.54, 1.807) is 19.2 Å². The molecular weight excluding hydrogens is 282 g/mol. The van der Waals surface area contributed by atoms with E-state index in [0.29, 0.717) is 5.69 Å². The molecule has 2 rings (SSSR count). The van der Waals surface area contributed by atoms with E-state index in [1.807, 2.05) is 0 Å². The van der Waals surface area contributed by atoms with Crippen molar-refractivity contribution in [3.63, 3.8) is 0 Å². The van der Waals surface area contributed by atoms with Crippen LogP contribution in [-0.4, -0.2) is 15.8 Å². The summed E-state index contributed by atoms with van der Waals surface area (Å²) in [6, 6.07) is 5.62. The van der Waals surface area contributed by atoms with Crippen LogP contribution in [0.15, 0.2) is 36.7 Å². The molecule has 0 aliphatic carbocycles. The molecule has 0 spiro atoms. The van der Waals surface area contributed by atoms with Gasteiger partial charge in [-0.2, -0.15) is 0 Å². The van der Waals surface area contributed by atoms with Crippen LogP contribution in [0.5, 0.6) is 0 Å². The first-order valence-corrected chi connectivity index (χ1v) is 6.02. The molecule has 0 saturated carbocycles. The van der Waals surface area contributed by atoms with Crippen LogP contribution in [0.25, 0.3) is 0 Å². The first-order chi connectivity index (χ1) is 9.49. The number of carbonyl (C=O) groups excluding carboxylic acids is 1. The smallest absolute Gasteiger partial charge is 0.283 e.